The summed E-state index contributed by atoms with van der Waals surface area (Å²) in [6.07, 6.45) is -0.162. The van der Waals surface area contributed by atoms with E-state index in [1.807, 2.05) is 25.1 Å². The second-order valence-electron chi connectivity index (χ2n) is 4.36. The Bertz CT molecular complexity index is 352. The van der Waals surface area contributed by atoms with E-state index in [-0.39, 0.29) is 6.10 Å². The van der Waals surface area contributed by atoms with Crippen molar-refractivity contribution in [2.24, 2.45) is 0 Å². The molecule has 3 nitrogen and oxygen atoms in total. The van der Waals surface area contributed by atoms with E-state index in [2.05, 4.69) is 17.9 Å². The lowest BCUT2D eigenvalue weighted by Gasteiger charge is -2.34. The van der Waals surface area contributed by atoms with E-state index in [1.165, 1.54) is 0 Å². The molecule has 3 heteroatoms. The summed E-state index contributed by atoms with van der Waals surface area (Å²) in [4.78, 5) is 2.29. The normalized spacial score (nSPS) is 23.2. The van der Waals surface area contributed by atoms with Gasteiger partial charge in [-0.3, -0.25) is 0 Å². The number of morpholine rings is 1. The first-order valence-corrected chi connectivity index (χ1v) is 5.82. The molecule has 1 aromatic carbocycles. The molecule has 0 amide bonds. The molecule has 1 aliphatic rings. The lowest BCUT2D eigenvalue weighted by molar-refractivity contribution is 0.0529. The standard InChI is InChI=1S/C13H19NO2/c1-10-9-14(7-8-16-10)13-6-4-3-5-12(13)11(2)15/h3-6,10-11,15H,7-9H2,1-2H3/t10?,11-/m1/s1. The number of aliphatic hydroxyl groups is 1. The van der Waals surface area contributed by atoms with Gasteiger partial charge in [-0.05, 0) is 19.9 Å². The molecule has 2 atom stereocenters. The molecule has 1 saturated heterocycles. The zero-order valence-corrected chi connectivity index (χ0v) is 9.89. The van der Waals surface area contributed by atoms with Crippen LogP contribution in [0.3, 0.4) is 0 Å². The van der Waals surface area contributed by atoms with Crippen molar-refractivity contribution in [2.75, 3.05) is 24.6 Å². The molecule has 1 N–H and O–H groups in total. The summed E-state index contributed by atoms with van der Waals surface area (Å²) in [5.74, 6) is 0. The minimum absolute atomic E-state index is 0.260. The molecule has 0 saturated carbocycles. The third-order valence-electron chi connectivity index (χ3n) is 2.97. The fourth-order valence-electron chi connectivity index (χ4n) is 2.17. The van der Waals surface area contributed by atoms with Gasteiger partial charge in [0, 0.05) is 24.3 Å². The van der Waals surface area contributed by atoms with Crippen LogP contribution in [0.5, 0.6) is 0 Å². The van der Waals surface area contributed by atoms with Crippen LogP contribution in [0.2, 0.25) is 0 Å². The molecule has 2 rings (SSSR count). The molecule has 1 fully saturated rings. The van der Waals surface area contributed by atoms with Gasteiger partial charge >= 0.3 is 0 Å². The summed E-state index contributed by atoms with van der Waals surface area (Å²) in [5, 5.41) is 9.74. The number of para-hydroxylation sites is 1. The van der Waals surface area contributed by atoms with E-state index in [0.29, 0.717) is 0 Å². The quantitative estimate of drug-likeness (QED) is 0.828. The van der Waals surface area contributed by atoms with Gasteiger partial charge in [0.2, 0.25) is 0 Å². The summed E-state index contributed by atoms with van der Waals surface area (Å²) in [6, 6.07) is 8.04. The molecule has 0 radical (unpaired) electrons. The highest BCUT2D eigenvalue weighted by Gasteiger charge is 2.20. The van der Waals surface area contributed by atoms with Crippen molar-refractivity contribution < 1.29 is 9.84 Å². The van der Waals surface area contributed by atoms with Crippen LogP contribution in [0.4, 0.5) is 5.69 Å². The van der Waals surface area contributed by atoms with Crippen LogP contribution >= 0.6 is 0 Å². The average molecular weight is 221 g/mol. The van der Waals surface area contributed by atoms with Crippen LogP contribution in [0.1, 0.15) is 25.5 Å². The largest absolute Gasteiger partial charge is 0.389 e. The molecule has 0 bridgehead atoms. The Kier molecular flexibility index (Phi) is 3.46. The Balaban J connectivity index is 2.25. The molecule has 1 aliphatic heterocycles. The molecule has 0 aromatic heterocycles. The monoisotopic (exact) mass is 221 g/mol. The molecule has 0 spiro atoms. The van der Waals surface area contributed by atoms with Crippen molar-refractivity contribution in [1.82, 2.24) is 0 Å². The summed E-state index contributed by atoms with van der Waals surface area (Å²) in [5.41, 5.74) is 2.13. The van der Waals surface area contributed by atoms with Crippen molar-refractivity contribution in [3.05, 3.63) is 29.8 Å². The maximum atomic E-state index is 9.74. The lowest BCUT2D eigenvalue weighted by atomic mass is 10.1. The fourth-order valence-corrected chi connectivity index (χ4v) is 2.17. The molecule has 1 heterocycles. The Hall–Kier alpha value is -1.06. The molecular formula is C13H19NO2. The van der Waals surface area contributed by atoms with Gasteiger partial charge in [0.15, 0.2) is 0 Å². The zero-order chi connectivity index (χ0) is 11.5. The molecule has 1 unspecified atom stereocenters. The Morgan fingerprint density at radius 1 is 1.44 bits per heavy atom. The van der Waals surface area contributed by atoms with Gasteiger partial charge in [-0.1, -0.05) is 18.2 Å². The van der Waals surface area contributed by atoms with Gasteiger partial charge < -0.3 is 14.7 Å². The third kappa shape index (κ3) is 2.36. The maximum Gasteiger partial charge on any atom is 0.0781 e. The Morgan fingerprint density at radius 3 is 2.88 bits per heavy atom. The second kappa shape index (κ2) is 4.85. The van der Waals surface area contributed by atoms with Crippen LogP contribution in [0.15, 0.2) is 24.3 Å². The van der Waals surface area contributed by atoms with Gasteiger partial charge in [-0.2, -0.15) is 0 Å². The van der Waals surface area contributed by atoms with Gasteiger partial charge in [0.25, 0.3) is 0 Å². The van der Waals surface area contributed by atoms with Crippen LogP contribution in [-0.2, 0) is 4.74 Å². The van der Waals surface area contributed by atoms with E-state index in [0.717, 1.165) is 30.9 Å². The van der Waals surface area contributed by atoms with E-state index in [9.17, 15) is 5.11 Å². The smallest absolute Gasteiger partial charge is 0.0781 e. The number of rotatable bonds is 2. The summed E-state index contributed by atoms with van der Waals surface area (Å²) >= 11 is 0. The highest BCUT2D eigenvalue weighted by atomic mass is 16.5. The van der Waals surface area contributed by atoms with Gasteiger partial charge in [0.05, 0.1) is 18.8 Å². The zero-order valence-electron chi connectivity index (χ0n) is 9.89. The van der Waals surface area contributed by atoms with Crippen molar-refractivity contribution in [3.63, 3.8) is 0 Å². The van der Waals surface area contributed by atoms with E-state index in [4.69, 9.17) is 4.74 Å². The number of aliphatic hydroxyl groups excluding tert-OH is 1. The third-order valence-corrected chi connectivity index (χ3v) is 2.97. The lowest BCUT2D eigenvalue weighted by Crippen LogP contribution is -2.41. The first kappa shape index (κ1) is 11.4. The minimum Gasteiger partial charge on any atom is -0.389 e. The first-order chi connectivity index (χ1) is 7.68. The van der Waals surface area contributed by atoms with Crippen LogP contribution in [0.25, 0.3) is 0 Å². The molecule has 0 aliphatic carbocycles. The van der Waals surface area contributed by atoms with Gasteiger partial charge in [0.1, 0.15) is 0 Å². The van der Waals surface area contributed by atoms with Crippen LogP contribution in [-0.4, -0.2) is 30.9 Å². The Morgan fingerprint density at radius 2 is 2.19 bits per heavy atom. The minimum atomic E-state index is -0.422. The SMILES string of the molecule is CC1CN(c2ccccc2[C@@H](C)O)CCO1. The van der Waals surface area contributed by atoms with E-state index >= 15 is 0 Å². The number of benzene rings is 1. The summed E-state index contributed by atoms with van der Waals surface area (Å²) < 4.78 is 5.53. The van der Waals surface area contributed by atoms with E-state index < -0.39 is 6.10 Å². The second-order valence-corrected chi connectivity index (χ2v) is 4.36. The van der Waals surface area contributed by atoms with Gasteiger partial charge in [-0.25, -0.2) is 0 Å². The van der Waals surface area contributed by atoms with Crippen molar-refractivity contribution in [1.29, 1.82) is 0 Å². The maximum absolute atomic E-state index is 9.74. The number of hydrogen-bond acceptors (Lipinski definition) is 3. The number of anilines is 1. The predicted molar refractivity (Wildman–Crippen MR) is 64.7 cm³/mol. The van der Waals surface area contributed by atoms with Crippen LogP contribution in [0, 0.1) is 0 Å². The van der Waals surface area contributed by atoms with E-state index in [1.54, 1.807) is 0 Å². The number of ether oxygens (including phenoxy) is 1. The number of hydrogen-bond donors (Lipinski definition) is 1. The van der Waals surface area contributed by atoms with Crippen LogP contribution < -0.4 is 4.90 Å². The summed E-state index contributed by atoms with van der Waals surface area (Å²) in [7, 11) is 0. The molecule has 1 aromatic rings. The summed E-state index contributed by atoms with van der Waals surface area (Å²) in [6.45, 7) is 6.44. The molecular weight excluding hydrogens is 202 g/mol. The molecule has 16 heavy (non-hydrogen) atoms. The average Bonchev–Trinajstić information content (AvgIpc) is 2.29. The topological polar surface area (TPSA) is 32.7 Å². The predicted octanol–water partition coefficient (Wildman–Crippen LogP) is 1.96. The van der Waals surface area contributed by atoms with Crippen molar-refractivity contribution in [3.8, 4) is 0 Å². The van der Waals surface area contributed by atoms with Crippen molar-refractivity contribution in [2.45, 2.75) is 26.1 Å². The highest BCUT2D eigenvalue weighted by Crippen LogP contribution is 2.27. The first-order valence-electron chi connectivity index (χ1n) is 5.82. The highest BCUT2D eigenvalue weighted by molar-refractivity contribution is 5.54. The molecule has 88 valence electrons. The van der Waals surface area contributed by atoms with Crippen molar-refractivity contribution >= 4 is 5.69 Å². The van der Waals surface area contributed by atoms with Gasteiger partial charge in [-0.15, -0.1) is 0 Å². The Labute approximate surface area is 96.6 Å². The fraction of sp³-hybridized carbons (Fsp3) is 0.538. The number of nitrogens with zero attached hydrogens (tertiary/aromatic N) is 1.